The molecule has 0 aliphatic carbocycles. The fourth-order valence-corrected chi connectivity index (χ4v) is 2.79. The number of ether oxygens (including phenoxy) is 3. The molecule has 2 rings (SSSR count). The average Bonchev–Trinajstić information content (AvgIpc) is 2.52. The van der Waals surface area contributed by atoms with Gasteiger partial charge in [-0.3, -0.25) is 0 Å². The van der Waals surface area contributed by atoms with E-state index in [-0.39, 0.29) is 51.4 Å². The first-order valence-electron chi connectivity index (χ1n) is 6.41. The fourth-order valence-electron chi connectivity index (χ4n) is 1.94. The van der Waals surface area contributed by atoms with E-state index in [1.165, 1.54) is 0 Å². The van der Waals surface area contributed by atoms with E-state index < -0.39 is 0 Å². The predicted octanol–water partition coefficient (Wildman–Crippen LogP) is 3.84. The maximum atomic E-state index is 5.36. The van der Waals surface area contributed by atoms with Crippen molar-refractivity contribution >= 4 is 86.1 Å². The van der Waals surface area contributed by atoms with Gasteiger partial charge in [0.15, 0.2) is 11.5 Å². The first-order chi connectivity index (χ1) is 10.2. The summed E-state index contributed by atoms with van der Waals surface area (Å²) in [7, 11) is 4.95. The Morgan fingerprint density at radius 1 is 0.818 bits per heavy atom. The van der Waals surface area contributed by atoms with Crippen LogP contribution in [0.2, 0.25) is 0 Å². The number of hydrogen-bond acceptors (Lipinski definition) is 3. The summed E-state index contributed by atoms with van der Waals surface area (Å²) in [6.07, 6.45) is 4.10. The molecular weight excluding hydrogens is 418 g/mol. The fraction of sp³-hybridized carbons (Fsp3) is 0.176. The molecule has 0 N–H and O–H groups in total. The summed E-state index contributed by atoms with van der Waals surface area (Å²) in [6, 6.07) is 11.9. The molecule has 2 aromatic rings. The summed E-state index contributed by atoms with van der Waals surface area (Å²) < 4.78 is 16.9. The third-order valence-corrected chi connectivity index (χ3v) is 3.84. The Bertz CT molecular complexity index is 639. The van der Waals surface area contributed by atoms with Crippen molar-refractivity contribution in [3.8, 4) is 17.2 Å². The summed E-state index contributed by atoms with van der Waals surface area (Å²) in [6.45, 7) is 0. The van der Waals surface area contributed by atoms with Gasteiger partial charge in [-0.25, -0.2) is 0 Å². The van der Waals surface area contributed by atoms with Crippen molar-refractivity contribution in [2.75, 3.05) is 21.3 Å². The zero-order valence-corrected chi connectivity index (χ0v) is 14.4. The van der Waals surface area contributed by atoms with Crippen LogP contribution >= 0.6 is 22.6 Å². The molecule has 0 unspecified atom stereocenters. The Morgan fingerprint density at radius 3 is 2.00 bits per heavy atom. The van der Waals surface area contributed by atoms with Gasteiger partial charge >= 0.3 is 51.4 Å². The van der Waals surface area contributed by atoms with Crippen LogP contribution in [0.5, 0.6) is 17.2 Å². The Hall–Kier alpha value is -0.0536. The van der Waals surface area contributed by atoms with Gasteiger partial charge in [-0.05, 0) is 58.0 Å². The molecule has 0 saturated heterocycles. The molecule has 0 aliphatic heterocycles. The SMILES string of the molecule is COc1ccc(/C=C\c2cc(I)c(OC)c(OC)c2)cc1.[KH]. The Balaban J connectivity index is 0.00000242. The van der Waals surface area contributed by atoms with Crippen LogP contribution in [-0.4, -0.2) is 72.7 Å². The predicted molar refractivity (Wildman–Crippen MR) is 101 cm³/mol. The zero-order chi connectivity index (χ0) is 15.2. The molecule has 0 fully saturated rings. The van der Waals surface area contributed by atoms with Gasteiger partial charge in [0.25, 0.3) is 0 Å². The van der Waals surface area contributed by atoms with E-state index in [1.54, 1.807) is 21.3 Å². The zero-order valence-electron chi connectivity index (χ0n) is 12.2. The van der Waals surface area contributed by atoms with E-state index in [0.717, 1.165) is 31.9 Å². The standard InChI is InChI=1S/C17H17IO3.K.H/c1-19-14-8-6-12(7-9-14)4-5-13-10-15(18)17(21-3)16(11-13)20-2;;/h4-11H,1-3H3;;/b5-4-;;. The summed E-state index contributed by atoms with van der Waals surface area (Å²) in [5.74, 6) is 2.35. The Labute approximate surface area is 187 Å². The summed E-state index contributed by atoms with van der Waals surface area (Å²) >= 11 is 2.24. The van der Waals surface area contributed by atoms with Gasteiger partial charge in [0, 0.05) is 0 Å². The minimum absolute atomic E-state index is 0. The van der Waals surface area contributed by atoms with E-state index in [1.807, 2.05) is 36.4 Å². The first kappa shape index (κ1) is 20.0. The van der Waals surface area contributed by atoms with Gasteiger partial charge in [-0.1, -0.05) is 24.3 Å². The number of benzene rings is 2. The Kier molecular flexibility index (Phi) is 9.04. The quantitative estimate of drug-likeness (QED) is 0.405. The van der Waals surface area contributed by atoms with Crippen LogP contribution in [-0.2, 0) is 0 Å². The third kappa shape index (κ3) is 5.25. The molecule has 112 valence electrons. The summed E-state index contributed by atoms with van der Waals surface area (Å²) in [5.41, 5.74) is 2.17. The second kappa shape index (κ2) is 9.95. The van der Waals surface area contributed by atoms with Gasteiger partial charge in [0.1, 0.15) is 5.75 Å². The van der Waals surface area contributed by atoms with Crippen molar-refractivity contribution < 1.29 is 14.2 Å². The van der Waals surface area contributed by atoms with Crippen molar-refractivity contribution in [2.24, 2.45) is 0 Å². The van der Waals surface area contributed by atoms with Crippen LogP contribution in [0.15, 0.2) is 36.4 Å². The molecule has 5 heteroatoms. The molecule has 0 amide bonds. The van der Waals surface area contributed by atoms with Crippen molar-refractivity contribution in [1.82, 2.24) is 0 Å². The van der Waals surface area contributed by atoms with E-state index in [9.17, 15) is 0 Å². The van der Waals surface area contributed by atoms with Crippen LogP contribution < -0.4 is 14.2 Å². The van der Waals surface area contributed by atoms with Crippen LogP contribution in [0.4, 0.5) is 0 Å². The average molecular weight is 436 g/mol. The van der Waals surface area contributed by atoms with E-state index in [4.69, 9.17) is 14.2 Å². The number of methoxy groups -OCH3 is 3. The number of hydrogen-bond donors (Lipinski definition) is 0. The van der Waals surface area contributed by atoms with E-state index >= 15 is 0 Å². The molecule has 0 atom stereocenters. The summed E-state index contributed by atoms with van der Waals surface area (Å²) in [4.78, 5) is 0. The molecule has 0 spiro atoms. The molecule has 0 saturated carbocycles. The molecule has 3 nitrogen and oxygen atoms in total. The monoisotopic (exact) mass is 436 g/mol. The number of rotatable bonds is 5. The van der Waals surface area contributed by atoms with Crippen LogP contribution in [0.25, 0.3) is 12.2 Å². The second-order valence-corrected chi connectivity index (χ2v) is 5.51. The van der Waals surface area contributed by atoms with Crippen molar-refractivity contribution in [3.05, 3.63) is 51.1 Å². The van der Waals surface area contributed by atoms with Gasteiger partial charge in [0.2, 0.25) is 0 Å². The second-order valence-electron chi connectivity index (χ2n) is 4.34. The van der Waals surface area contributed by atoms with Crippen molar-refractivity contribution in [2.45, 2.75) is 0 Å². The Morgan fingerprint density at radius 2 is 1.45 bits per heavy atom. The topological polar surface area (TPSA) is 27.7 Å². The minimum atomic E-state index is 0. The number of halogens is 1. The maximum absolute atomic E-state index is 5.36. The normalized spacial score (nSPS) is 10.2. The summed E-state index contributed by atoms with van der Waals surface area (Å²) in [5, 5.41) is 0. The molecule has 2 aromatic carbocycles. The van der Waals surface area contributed by atoms with Crippen LogP contribution in [0, 0.1) is 3.57 Å². The van der Waals surface area contributed by atoms with E-state index in [2.05, 4.69) is 34.7 Å². The third-order valence-electron chi connectivity index (χ3n) is 3.04. The van der Waals surface area contributed by atoms with Gasteiger partial charge < -0.3 is 14.2 Å². The molecule has 0 radical (unpaired) electrons. The molecular formula is C17H18IKO3. The molecule has 0 aliphatic rings. The van der Waals surface area contributed by atoms with Gasteiger partial charge in [-0.2, -0.15) is 0 Å². The van der Waals surface area contributed by atoms with Crippen LogP contribution in [0.3, 0.4) is 0 Å². The van der Waals surface area contributed by atoms with Crippen molar-refractivity contribution in [1.29, 1.82) is 0 Å². The molecule has 22 heavy (non-hydrogen) atoms. The van der Waals surface area contributed by atoms with Gasteiger partial charge in [0.05, 0.1) is 24.9 Å². The van der Waals surface area contributed by atoms with Gasteiger partial charge in [-0.15, -0.1) is 0 Å². The van der Waals surface area contributed by atoms with Crippen LogP contribution in [0.1, 0.15) is 11.1 Å². The molecule has 0 bridgehead atoms. The molecule has 0 aromatic heterocycles. The molecule has 0 heterocycles. The van der Waals surface area contributed by atoms with E-state index in [0.29, 0.717) is 0 Å². The first-order valence-corrected chi connectivity index (χ1v) is 7.49. The van der Waals surface area contributed by atoms with Crippen molar-refractivity contribution in [3.63, 3.8) is 0 Å².